The molecule has 3 aromatic carbocycles. The molecule has 152 valence electrons. The Morgan fingerprint density at radius 2 is 1.57 bits per heavy atom. The van der Waals surface area contributed by atoms with E-state index in [4.69, 9.17) is 9.72 Å². The van der Waals surface area contributed by atoms with Crippen molar-refractivity contribution in [2.24, 2.45) is 0 Å². The van der Waals surface area contributed by atoms with Crippen LogP contribution >= 0.6 is 0 Å². The van der Waals surface area contributed by atoms with Crippen molar-refractivity contribution in [3.05, 3.63) is 66.7 Å². The molecular formula is C25H26N4O. The van der Waals surface area contributed by atoms with Crippen molar-refractivity contribution in [1.82, 2.24) is 9.88 Å². The van der Waals surface area contributed by atoms with E-state index in [9.17, 15) is 0 Å². The number of methoxy groups -OCH3 is 1. The maximum Gasteiger partial charge on any atom is 0.119 e. The largest absolute Gasteiger partial charge is 0.497 e. The van der Waals surface area contributed by atoms with Gasteiger partial charge in [-0.15, -0.1) is 0 Å². The molecule has 1 saturated heterocycles. The van der Waals surface area contributed by atoms with E-state index in [0.717, 1.165) is 65.1 Å². The minimum Gasteiger partial charge on any atom is -0.497 e. The molecular weight excluding hydrogens is 372 g/mol. The van der Waals surface area contributed by atoms with Crippen molar-refractivity contribution in [3.8, 4) is 5.75 Å². The number of benzene rings is 3. The summed E-state index contributed by atoms with van der Waals surface area (Å²) in [5, 5.41) is 5.81. The van der Waals surface area contributed by atoms with Crippen LogP contribution in [0.1, 0.15) is 0 Å². The zero-order chi connectivity index (χ0) is 20.5. The lowest BCUT2D eigenvalue weighted by atomic mass is 10.1. The second kappa shape index (κ2) is 7.84. The summed E-state index contributed by atoms with van der Waals surface area (Å²) < 4.78 is 5.47. The van der Waals surface area contributed by atoms with Crippen molar-refractivity contribution < 1.29 is 4.74 Å². The van der Waals surface area contributed by atoms with Gasteiger partial charge in [0, 0.05) is 48.3 Å². The van der Waals surface area contributed by atoms with Crippen LogP contribution in [0.4, 0.5) is 17.1 Å². The minimum absolute atomic E-state index is 0.827. The van der Waals surface area contributed by atoms with Crippen LogP contribution in [0.25, 0.3) is 21.8 Å². The quantitative estimate of drug-likeness (QED) is 0.496. The number of likely N-dealkylation sites (N-methyl/N-ethyl adjacent to an activating group) is 1. The molecule has 1 fully saturated rings. The third-order valence-electron chi connectivity index (χ3n) is 5.89. The van der Waals surface area contributed by atoms with Gasteiger partial charge < -0.3 is 19.9 Å². The average molecular weight is 399 g/mol. The standard InChI is InChI=1S/C25H26N4O/c1-28-13-15-29(16-14-28)19-9-7-18(8-10-19)26-25-21-5-3-4-6-23(21)27-24-12-11-20(30-2)17-22(24)25/h3-12,17H,13-16H2,1-2H3,(H,26,27). The monoisotopic (exact) mass is 398 g/mol. The molecule has 5 rings (SSSR count). The Hall–Kier alpha value is -3.31. The zero-order valence-corrected chi connectivity index (χ0v) is 17.4. The van der Waals surface area contributed by atoms with Gasteiger partial charge in [0.25, 0.3) is 0 Å². The predicted molar refractivity (Wildman–Crippen MR) is 125 cm³/mol. The molecule has 5 nitrogen and oxygen atoms in total. The molecule has 0 amide bonds. The number of rotatable bonds is 4. The Morgan fingerprint density at radius 1 is 0.833 bits per heavy atom. The molecule has 2 heterocycles. The first-order chi connectivity index (χ1) is 14.7. The van der Waals surface area contributed by atoms with Crippen molar-refractivity contribution >= 4 is 38.9 Å². The van der Waals surface area contributed by atoms with Gasteiger partial charge in [-0.05, 0) is 55.6 Å². The van der Waals surface area contributed by atoms with Crippen LogP contribution in [0.5, 0.6) is 5.75 Å². The van der Waals surface area contributed by atoms with Crippen LogP contribution in [-0.2, 0) is 0 Å². The summed E-state index contributed by atoms with van der Waals surface area (Å²) in [6, 6.07) is 23.0. The number of fused-ring (bicyclic) bond motifs is 2. The number of nitrogens with one attached hydrogen (secondary N) is 1. The zero-order valence-electron chi connectivity index (χ0n) is 17.4. The molecule has 0 spiro atoms. The first kappa shape index (κ1) is 18.7. The Labute approximate surface area is 176 Å². The van der Waals surface area contributed by atoms with Gasteiger partial charge in [0.15, 0.2) is 0 Å². The summed E-state index contributed by atoms with van der Waals surface area (Å²) in [6.45, 7) is 4.36. The third kappa shape index (κ3) is 3.53. The van der Waals surface area contributed by atoms with Gasteiger partial charge in [0.1, 0.15) is 5.75 Å². The van der Waals surface area contributed by atoms with E-state index in [-0.39, 0.29) is 0 Å². The highest BCUT2D eigenvalue weighted by Gasteiger charge is 2.15. The lowest BCUT2D eigenvalue weighted by Gasteiger charge is -2.34. The molecule has 0 aliphatic carbocycles. The van der Waals surface area contributed by atoms with E-state index >= 15 is 0 Å². The van der Waals surface area contributed by atoms with Gasteiger partial charge in [-0.1, -0.05) is 18.2 Å². The molecule has 0 bridgehead atoms. The number of hydrogen-bond acceptors (Lipinski definition) is 5. The Bertz CT molecular complexity index is 1180. The van der Waals surface area contributed by atoms with E-state index in [2.05, 4.69) is 70.7 Å². The maximum absolute atomic E-state index is 5.47. The highest BCUT2D eigenvalue weighted by molar-refractivity contribution is 6.09. The van der Waals surface area contributed by atoms with E-state index in [0.29, 0.717) is 0 Å². The first-order valence-corrected chi connectivity index (χ1v) is 10.4. The summed E-state index contributed by atoms with van der Waals surface area (Å²) in [7, 11) is 3.88. The number of para-hydroxylation sites is 1. The van der Waals surface area contributed by atoms with Gasteiger partial charge in [-0.3, -0.25) is 0 Å². The number of aromatic nitrogens is 1. The lowest BCUT2D eigenvalue weighted by molar-refractivity contribution is 0.313. The number of anilines is 3. The molecule has 1 aromatic heterocycles. The van der Waals surface area contributed by atoms with Gasteiger partial charge >= 0.3 is 0 Å². The normalized spacial score (nSPS) is 14.9. The molecule has 1 aliphatic heterocycles. The smallest absolute Gasteiger partial charge is 0.119 e. The fourth-order valence-electron chi connectivity index (χ4n) is 4.10. The molecule has 0 saturated carbocycles. The highest BCUT2D eigenvalue weighted by Crippen LogP contribution is 2.35. The summed E-state index contributed by atoms with van der Waals surface area (Å²) in [5.41, 5.74) is 5.33. The second-order valence-corrected chi connectivity index (χ2v) is 7.85. The fraction of sp³-hybridized carbons (Fsp3) is 0.240. The van der Waals surface area contributed by atoms with Crippen LogP contribution < -0.4 is 15.0 Å². The van der Waals surface area contributed by atoms with E-state index in [1.807, 2.05) is 18.2 Å². The summed E-state index contributed by atoms with van der Waals surface area (Å²) in [4.78, 5) is 9.66. The van der Waals surface area contributed by atoms with Crippen molar-refractivity contribution in [2.45, 2.75) is 0 Å². The lowest BCUT2D eigenvalue weighted by Crippen LogP contribution is -2.44. The summed E-state index contributed by atoms with van der Waals surface area (Å²) in [5.74, 6) is 0.827. The Kier molecular flexibility index (Phi) is 4.89. The fourth-order valence-corrected chi connectivity index (χ4v) is 4.10. The molecule has 1 N–H and O–H groups in total. The topological polar surface area (TPSA) is 40.6 Å². The number of ether oxygens (including phenoxy) is 1. The first-order valence-electron chi connectivity index (χ1n) is 10.4. The van der Waals surface area contributed by atoms with Gasteiger partial charge in [0.2, 0.25) is 0 Å². The number of hydrogen-bond donors (Lipinski definition) is 1. The Balaban J connectivity index is 1.52. The predicted octanol–water partition coefficient (Wildman–Crippen LogP) is 4.89. The molecule has 5 heteroatoms. The number of pyridine rings is 1. The van der Waals surface area contributed by atoms with Crippen LogP contribution in [0.2, 0.25) is 0 Å². The molecule has 0 unspecified atom stereocenters. The number of piperazine rings is 1. The van der Waals surface area contributed by atoms with E-state index in [1.54, 1.807) is 7.11 Å². The van der Waals surface area contributed by atoms with E-state index in [1.165, 1.54) is 5.69 Å². The van der Waals surface area contributed by atoms with Crippen molar-refractivity contribution in [2.75, 3.05) is 50.6 Å². The second-order valence-electron chi connectivity index (χ2n) is 7.85. The van der Waals surface area contributed by atoms with Gasteiger partial charge in [-0.2, -0.15) is 0 Å². The molecule has 30 heavy (non-hydrogen) atoms. The SMILES string of the molecule is COc1ccc2nc3ccccc3c(Nc3ccc(N4CCN(C)CC4)cc3)c2c1. The van der Waals surface area contributed by atoms with Crippen LogP contribution in [-0.4, -0.2) is 50.2 Å². The van der Waals surface area contributed by atoms with Crippen LogP contribution in [0, 0.1) is 0 Å². The van der Waals surface area contributed by atoms with Crippen LogP contribution in [0.15, 0.2) is 66.7 Å². The maximum atomic E-state index is 5.47. The summed E-state index contributed by atoms with van der Waals surface area (Å²) in [6.07, 6.45) is 0. The van der Waals surface area contributed by atoms with Crippen molar-refractivity contribution in [3.63, 3.8) is 0 Å². The average Bonchev–Trinajstić information content (AvgIpc) is 2.80. The third-order valence-corrected chi connectivity index (χ3v) is 5.89. The molecule has 1 aliphatic rings. The highest BCUT2D eigenvalue weighted by atomic mass is 16.5. The molecule has 0 atom stereocenters. The van der Waals surface area contributed by atoms with Crippen LogP contribution in [0.3, 0.4) is 0 Å². The molecule has 0 radical (unpaired) electrons. The Morgan fingerprint density at radius 3 is 2.33 bits per heavy atom. The minimum atomic E-state index is 0.827. The van der Waals surface area contributed by atoms with Crippen molar-refractivity contribution in [1.29, 1.82) is 0 Å². The van der Waals surface area contributed by atoms with E-state index < -0.39 is 0 Å². The summed E-state index contributed by atoms with van der Waals surface area (Å²) >= 11 is 0. The van der Waals surface area contributed by atoms with Gasteiger partial charge in [0.05, 0.1) is 23.8 Å². The number of nitrogens with zero attached hydrogens (tertiary/aromatic N) is 3. The van der Waals surface area contributed by atoms with Gasteiger partial charge in [-0.25, -0.2) is 4.98 Å². The molecule has 4 aromatic rings.